The minimum absolute atomic E-state index is 0.0802. The van der Waals surface area contributed by atoms with E-state index >= 15 is 0 Å². The van der Waals surface area contributed by atoms with Gasteiger partial charge < -0.3 is 14.9 Å². The first-order valence-electron chi connectivity index (χ1n) is 10.9. The van der Waals surface area contributed by atoms with Crippen LogP contribution >= 0.6 is 0 Å². The highest BCUT2D eigenvalue weighted by atomic mass is 16.5. The molecule has 5 heteroatoms. The van der Waals surface area contributed by atoms with E-state index in [1.807, 2.05) is 31.2 Å². The van der Waals surface area contributed by atoms with Gasteiger partial charge in [-0.05, 0) is 39.0 Å². The number of Topliss-reactive ketones (excluding diaryl/α,β-unsaturated/α-hetero) is 1. The number of rotatable bonds is 12. The lowest BCUT2D eigenvalue weighted by atomic mass is 9.86. The number of unbranched alkanes of at least 4 members (excludes halogenated alkanes) is 2. The smallest absolute Gasteiger partial charge is 0.305 e. The lowest BCUT2D eigenvalue weighted by Gasteiger charge is -2.23. The fourth-order valence-corrected chi connectivity index (χ4v) is 3.97. The Labute approximate surface area is 176 Å². The zero-order valence-electron chi connectivity index (χ0n) is 18.8. The fraction of sp³-hybridized carbons (Fsp3) is 0.750. The van der Waals surface area contributed by atoms with Crippen LogP contribution < -0.4 is 0 Å². The molecule has 1 aliphatic carbocycles. The molecule has 2 unspecified atom stereocenters. The Morgan fingerprint density at radius 3 is 2.55 bits per heavy atom. The Morgan fingerprint density at radius 2 is 1.93 bits per heavy atom. The molecule has 0 saturated heterocycles. The van der Waals surface area contributed by atoms with E-state index in [0.29, 0.717) is 25.7 Å². The zero-order valence-corrected chi connectivity index (χ0v) is 18.8. The summed E-state index contributed by atoms with van der Waals surface area (Å²) in [6, 6.07) is 0. The van der Waals surface area contributed by atoms with Crippen molar-refractivity contribution in [1.82, 2.24) is 0 Å². The number of carbonyl (C=O) groups is 2. The van der Waals surface area contributed by atoms with Gasteiger partial charge in [-0.1, -0.05) is 57.9 Å². The van der Waals surface area contributed by atoms with Crippen LogP contribution in [0.25, 0.3) is 0 Å². The summed E-state index contributed by atoms with van der Waals surface area (Å²) in [5.74, 6) is -0.654. The van der Waals surface area contributed by atoms with Gasteiger partial charge in [0, 0.05) is 18.3 Å². The third kappa shape index (κ3) is 7.71. The molecule has 1 saturated carbocycles. The van der Waals surface area contributed by atoms with Gasteiger partial charge in [-0.25, -0.2) is 0 Å². The van der Waals surface area contributed by atoms with Crippen LogP contribution in [0.15, 0.2) is 24.3 Å². The molecule has 1 rings (SSSR count). The summed E-state index contributed by atoms with van der Waals surface area (Å²) in [5, 5.41) is 21.2. The first-order valence-corrected chi connectivity index (χ1v) is 10.9. The van der Waals surface area contributed by atoms with Crippen molar-refractivity contribution < 1.29 is 24.5 Å². The molecule has 4 atom stereocenters. The van der Waals surface area contributed by atoms with Crippen LogP contribution in [0.5, 0.6) is 0 Å². The second-order valence-electron chi connectivity index (χ2n) is 9.12. The molecule has 5 nitrogen and oxygen atoms in total. The summed E-state index contributed by atoms with van der Waals surface area (Å²) in [4.78, 5) is 24.0. The highest BCUT2D eigenvalue weighted by molar-refractivity contribution is 5.90. The highest BCUT2D eigenvalue weighted by Crippen LogP contribution is 2.44. The Hall–Kier alpha value is -1.46. The molecule has 0 bridgehead atoms. The topological polar surface area (TPSA) is 83.8 Å². The molecular formula is C24H40O5. The van der Waals surface area contributed by atoms with Crippen molar-refractivity contribution in [2.24, 2.45) is 17.3 Å². The number of hydrogen-bond donors (Lipinski definition) is 2. The van der Waals surface area contributed by atoms with Gasteiger partial charge in [-0.3, -0.25) is 9.59 Å². The van der Waals surface area contributed by atoms with Gasteiger partial charge in [0.25, 0.3) is 0 Å². The van der Waals surface area contributed by atoms with Gasteiger partial charge in [-0.15, -0.1) is 0 Å². The summed E-state index contributed by atoms with van der Waals surface area (Å²) in [5.41, 5.74) is -1.53. The van der Waals surface area contributed by atoms with E-state index in [1.54, 1.807) is 13.8 Å². The summed E-state index contributed by atoms with van der Waals surface area (Å²) in [6.07, 6.45) is 12.8. The van der Waals surface area contributed by atoms with Crippen LogP contribution in [0.4, 0.5) is 0 Å². The lowest BCUT2D eigenvalue weighted by molar-refractivity contribution is -0.140. The number of carbonyl (C=O) groups excluding carboxylic acids is 2. The van der Waals surface area contributed by atoms with E-state index in [1.165, 1.54) is 7.11 Å². The zero-order chi connectivity index (χ0) is 22.1. The molecule has 0 heterocycles. The SMILES string of the molecule is CCCCC(C)(O)C/C=C/[C@H]1C(O)C(C)(C)C(=O)[C@@H]1C/C=C/CCCC(=O)OC. The molecule has 0 spiro atoms. The van der Waals surface area contributed by atoms with Gasteiger partial charge in [0.05, 0.1) is 24.2 Å². The van der Waals surface area contributed by atoms with E-state index in [2.05, 4.69) is 11.7 Å². The average Bonchev–Trinajstić information content (AvgIpc) is 2.83. The maximum atomic E-state index is 12.9. The second-order valence-corrected chi connectivity index (χ2v) is 9.12. The average molecular weight is 409 g/mol. The first kappa shape index (κ1) is 25.6. The maximum Gasteiger partial charge on any atom is 0.305 e. The van der Waals surface area contributed by atoms with E-state index < -0.39 is 17.1 Å². The Bertz CT molecular complexity index is 588. The molecule has 0 aromatic carbocycles. The number of allylic oxidation sites excluding steroid dienone is 2. The largest absolute Gasteiger partial charge is 0.469 e. The van der Waals surface area contributed by atoms with Crippen LogP contribution in [-0.2, 0) is 14.3 Å². The molecule has 0 aromatic rings. The van der Waals surface area contributed by atoms with Crippen molar-refractivity contribution in [3.63, 3.8) is 0 Å². The Balaban J connectivity index is 2.70. The van der Waals surface area contributed by atoms with Crippen molar-refractivity contribution in [2.75, 3.05) is 7.11 Å². The third-order valence-electron chi connectivity index (χ3n) is 6.06. The molecular weight excluding hydrogens is 368 g/mol. The van der Waals surface area contributed by atoms with E-state index in [-0.39, 0.29) is 23.6 Å². The van der Waals surface area contributed by atoms with E-state index in [4.69, 9.17) is 0 Å². The van der Waals surface area contributed by atoms with Crippen LogP contribution in [-0.4, -0.2) is 40.8 Å². The van der Waals surface area contributed by atoms with Crippen LogP contribution in [0.3, 0.4) is 0 Å². The second kappa shape index (κ2) is 11.7. The summed E-state index contributed by atoms with van der Waals surface area (Å²) in [6.45, 7) is 7.54. The summed E-state index contributed by atoms with van der Waals surface area (Å²) in [7, 11) is 1.38. The predicted octanol–water partition coefficient (Wildman–Crippen LogP) is 4.37. The van der Waals surface area contributed by atoms with Gasteiger partial charge in [0.1, 0.15) is 5.78 Å². The number of aliphatic hydroxyl groups excluding tert-OH is 1. The molecule has 1 aliphatic rings. The minimum atomic E-state index is -0.775. The molecule has 1 fully saturated rings. The van der Waals surface area contributed by atoms with Gasteiger partial charge in [0.2, 0.25) is 0 Å². The molecule has 0 aliphatic heterocycles. The lowest BCUT2D eigenvalue weighted by Crippen LogP contribution is -2.31. The van der Waals surface area contributed by atoms with Crippen molar-refractivity contribution in [3.8, 4) is 0 Å². The number of esters is 1. The van der Waals surface area contributed by atoms with Gasteiger partial charge in [0.15, 0.2) is 0 Å². The van der Waals surface area contributed by atoms with Gasteiger partial charge >= 0.3 is 5.97 Å². The van der Waals surface area contributed by atoms with Crippen LogP contribution in [0, 0.1) is 17.3 Å². The number of methoxy groups -OCH3 is 1. The Morgan fingerprint density at radius 1 is 1.24 bits per heavy atom. The molecule has 166 valence electrons. The monoisotopic (exact) mass is 408 g/mol. The predicted molar refractivity (Wildman–Crippen MR) is 115 cm³/mol. The number of hydrogen-bond acceptors (Lipinski definition) is 5. The fourth-order valence-electron chi connectivity index (χ4n) is 3.97. The van der Waals surface area contributed by atoms with E-state index in [0.717, 1.165) is 25.7 Å². The molecule has 0 aromatic heterocycles. The molecule has 2 N–H and O–H groups in total. The maximum absolute atomic E-state index is 12.9. The van der Waals surface area contributed by atoms with E-state index in [9.17, 15) is 19.8 Å². The highest BCUT2D eigenvalue weighted by Gasteiger charge is 2.52. The third-order valence-corrected chi connectivity index (χ3v) is 6.06. The van der Waals surface area contributed by atoms with Crippen LogP contribution in [0.2, 0.25) is 0 Å². The van der Waals surface area contributed by atoms with Crippen molar-refractivity contribution in [3.05, 3.63) is 24.3 Å². The number of ether oxygens (including phenoxy) is 1. The van der Waals surface area contributed by atoms with Crippen molar-refractivity contribution in [2.45, 2.75) is 90.8 Å². The molecule has 29 heavy (non-hydrogen) atoms. The normalized spacial score (nSPS) is 26.3. The standard InChI is InChI=1S/C24H40O5/c1-6-7-16-24(4,28)17-12-14-19-18(21(26)23(2,3)22(19)27)13-10-8-9-11-15-20(25)29-5/h8,10,12,14,18-19,22,27-28H,6-7,9,11,13,15-17H2,1-5H3/b10-8+,14-12+/t18-,19-,22?,24?/m1/s1. The molecule has 0 radical (unpaired) electrons. The summed E-state index contributed by atoms with van der Waals surface area (Å²) < 4.78 is 4.62. The Kier molecular flexibility index (Phi) is 10.3. The quantitative estimate of drug-likeness (QED) is 0.285. The van der Waals surface area contributed by atoms with Crippen LogP contribution in [0.1, 0.15) is 79.1 Å². The first-order chi connectivity index (χ1) is 13.6. The molecule has 0 amide bonds. The summed E-state index contributed by atoms with van der Waals surface area (Å²) >= 11 is 0. The number of ketones is 1. The van der Waals surface area contributed by atoms with Crippen molar-refractivity contribution in [1.29, 1.82) is 0 Å². The minimum Gasteiger partial charge on any atom is -0.469 e. The van der Waals surface area contributed by atoms with Gasteiger partial charge in [-0.2, -0.15) is 0 Å². The number of aliphatic hydroxyl groups is 2. The van der Waals surface area contributed by atoms with Crippen molar-refractivity contribution >= 4 is 11.8 Å².